The number of rotatable bonds is 2. The number of aliphatic hydroxyl groups is 2. The minimum Gasteiger partial charge on any atom is -0.364 e. The second-order valence-electron chi connectivity index (χ2n) is 5.65. The fourth-order valence-electron chi connectivity index (χ4n) is 3.25. The fraction of sp³-hybridized carbons (Fsp3) is 0.0476. The smallest absolute Gasteiger partial charge is 0.179 e. The maximum absolute atomic E-state index is 9.85. The van der Waals surface area contributed by atoms with Crippen LogP contribution in [-0.4, -0.2) is 10.2 Å². The van der Waals surface area contributed by atoms with Crippen LogP contribution in [0.5, 0.6) is 0 Å². The molecule has 0 aliphatic heterocycles. The van der Waals surface area contributed by atoms with Gasteiger partial charge >= 0.3 is 0 Å². The Labute approximate surface area is 134 Å². The minimum atomic E-state index is -1.51. The van der Waals surface area contributed by atoms with Crippen molar-refractivity contribution in [2.75, 3.05) is 0 Å². The van der Waals surface area contributed by atoms with Gasteiger partial charge in [-0.1, -0.05) is 78.9 Å². The molecule has 2 N–H and O–H groups in total. The third-order valence-corrected chi connectivity index (χ3v) is 4.30. The van der Waals surface area contributed by atoms with Crippen LogP contribution in [0.15, 0.2) is 78.9 Å². The minimum absolute atomic E-state index is 0.528. The Morgan fingerprint density at radius 3 is 1.91 bits per heavy atom. The highest BCUT2D eigenvalue weighted by atomic mass is 16.5. The third-order valence-electron chi connectivity index (χ3n) is 4.30. The predicted molar refractivity (Wildman–Crippen MR) is 94.1 cm³/mol. The van der Waals surface area contributed by atoms with E-state index in [0.29, 0.717) is 5.56 Å². The number of hydrogen-bond donors (Lipinski definition) is 2. The summed E-state index contributed by atoms with van der Waals surface area (Å²) in [6.07, 6.45) is -1.51. The Hall–Kier alpha value is -2.68. The van der Waals surface area contributed by atoms with E-state index in [4.69, 9.17) is 0 Å². The maximum atomic E-state index is 9.85. The van der Waals surface area contributed by atoms with Crippen LogP contribution < -0.4 is 0 Å². The van der Waals surface area contributed by atoms with E-state index in [1.807, 2.05) is 54.6 Å². The molecule has 2 nitrogen and oxygen atoms in total. The highest BCUT2D eigenvalue weighted by Gasteiger charge is 2.16. The zero-order chi connectivity index (χ0) is 15.8. The van der Waals surface area contributed by atoms with Crippen molar-refractivity contribution in [1.82, 2.24) is 0 Å². The first-order chi connectivity index (χ1) is 11.3. The highest BCUT2D eigenvalue weighted by molar-refractivity contribution is 6.06. The van der Waals surface area contributed by atoms with E-state index in [2.05, 4.69) is 18.2 Å². The number of fused-ring (bicyclic) bond motifs is 2. The predicted octanol–water partition coefficient (Wildman–Crippen LogP) is 4.64. The first-order valence-electron chi connectivity index (χ1n) is 7.61. The Balaban J connectivity index is 2.17. The molecule has 0 aliphatic carbocycles. The summed E-state index contributed by atoms with van der Waals surface area (Å²) in [5.41, 5.74) is 2.43. The monoisotopic (exact) mass is 300 g/mol. The molecule has 4 aromatic carbocycles. The van der Waals surface area contributed by atoms with Gasteiger partial charge in [0.25, 0.3) is 0 Å². The van der Waals surface area contributed by atoms with Gasteiger partial charge in [0, 0.05) is 5.56 Å². The molecular weight excluding hydrogens is 284 g/mol. The van der Waals surface area contributed by atoms with Crippen molar-refractivity contribution < 1.29 is 10.2 Å². The Morgan fingerprint density at radius 1 is 0.565 bits per heavy atom. The van der Waals surface area contributed by atoms with Gasteiger partial charge in [0.1, 0.15) is 0 Å². The van der Waals surface area contributed by atoms with E-state index in [0.717, 1.165) is 32.7 Å². The molecule has 0 unspecified atom stereocenters. The zero-order valence-corrected chi connectivity index (χ0v) is 12.5. The molecule has 0 aliphatic rings. The molecule has 23 heavy (non-hydrogen) atoms. The van der Waals surface area contributed by atoms with Crippen LogP contribution in [0.1, 0.15) is 11.9 Å². The van der Waals surface area contributed by atoms with Crippen molar-refractivity contribution in [3.8, 4) is 11.1 Å². The summed E-state index contributed by atoms with van der Waals surface area (Å²) in [5.74, 6) is 0. The van der Waals surface area contributed by atoms with E-state index in [9.17, 15) is 10.2 Å². The van der Waals surface area contributed by atoms with Crippen LogP contribution in [0.25, 0.3) is 32.7 Å². The van der Waals surface area contributed by atoms with Crippen LogP contribution in [0.2, 0.25) is 0 Å². The largest absolute Gasteiger partial charge is 0.364 e. The van der Waals surface area contributed by atoms with Crippen molar-refractivity contribution >= 4 is 21.5 Å². The molecular formula is C21H16O2. The average Bonchev–Trinajstić information content (AvgIpc) is 2.60. The second-order valence-corrected chi connectivity index (χ2v) is 5.65. The summed E-state index contributed by atoms with van der Waals surface area (Å²) in [4.78, 5) is 0. The molecule has 0 radical (unpaired) electrons. The van der Waals surface area contributed by atoms with Gasteiger partial charge in [-0.05, 0) is 32.7 Å². The van der Waals surface area contributed by atoms with Gasteiger partial charge in [-0.2, -0.15) is 0 Å². The van der Waals surface area contributed by atoms with Gasteiger partial charge in [-0.15, -0.1) is 0 Å². The molecule has 0 saturated heterocycles. The Kier molecular flexibility index (Phi) is 3.34. The molecule has 0 spiro atoms. The van der Waals surface area contributed by atoms with E-state index in [1.54, 1.807) is 6.07 Å². The molecule has 4 rings (SSSR count). The molecule has 0 saturated carbocycles. The van der Waals surface area contributed by atoms with Crippen LogP contribution in [0.4, 0.5) is 0 Å². The summed E-state index contributed by atoms with van der Waals surface area (Å²) < 4.78 is 0. The third kappa shape index (κ3) is 2.29. The molecule has 112 valence electrons. The second kappa shape index (κ2) is 5.51. The van der Waals surface area contributed by atoms with Crippen molar-refractivity contribution in [2.24, 2.45) is 0 Å². The van der Waals surface area contributed by atoms with Gasteiger partial charge < -0.3 is 10.2 Å². The summed E-state index contributed by atoms with van der Waals surface area (Å²) >= 11 is 0. The molecule has 4 aromatic rings. The van der Waals surface area contributed by atoms with Crippen molar-refractivity contribution in [3.05, 3.63) is 84.4 Å². The van der Waals surface area contributed by atoms with Gasteiger partial charge in [-0.25, -0.2) is 0 Å². The lowest BCUT2D eigenvalue weighted by Gasteiger charge is -2.16. The molecule has 0 aromatic heterocycles. The fourth-order valence-corrected chi connectivity index (χ4v) is 3.25. The average molecular weight is 300 g/mol. The van der Waals surface area contributed by atoms with Crippen LogP contribution >= 0.6 is 0 Å². The quantitative estimate of drug-likeness (QED) is 0.529. The van der Waals surface area contributed by atoms with E-state index in [1.165, 1.54) is 0 Å². The Morgan fingerprint density at radius 2 is 1.17 bits per heavy atom. The molecule has 0 amide bonds. The maximum Gasteiger partial charge on any atom is 0.179 e. The van der Waals surface area contributed by atoms with Crippen molar-refractivity contribution in [3.63, 3.8) is 0 Å². The van der Waals surface area contributed by atoms with Gasteiger partial charge in [0.2, 0.25) is 0 Å². The molecule has 0 fully saturated rings. The van der Waals surface area contributed by atoms with E-state index in [-0.39, 0.29) is 0 Å². The Bertz CT molecular complexity index is 997. The number of aliphatic hydroxyl groups excluding tert-OH is 1. The SMILES string of the molecule is OC(O)c1ccc2ccccc2c1-c1cccc2ccccc12. The lowest BCUT2D eigenvalue weighted by molar-refractivity contribution is -0.0419. The number of hydrogen-bond acceptors (Lipinski definition) is 2. The molecule has 0 atom stereocenters. The topological polar surface area (TPSA) is 40.5 Å². The first kappa shape index (κ1) is 13.9. The summed E-state index contributed by atoms with van der Waals surface area (Å²) in [6.45, 7) is 0. The van der Waals surface area contributed by atoms with E-state index < -0.39 is 6.29 Å². The standard InChI is InChI=1S/C21H16O2/c22-21(23)19-13-12-15-7-2-4-10-17(15)20(19)18-11-5-8-14-6-1-3-9-16(14)18/h1-13,21-23H. The van der Waals surface area contributed by atoms with Crippen LogP contribution in [0, 0.1) is 0 Å². The summed E-state index contributed by atoms with van der Waals surface area (Å²) in [6, 6.07) is 26.0. The first-order valence-corrected chi connectivity index (χ1v) is 7.61. The van der Waals surface area contributed by atoms with Gasteiger partial charge in [0.15, 0.2) is 6.29 Å². The summed E-state index contributed by atoms with van der Waals surface area (Å²) in [7, 11) is 0. The molecule has 2 heteroatoms. The van der Waals surface area contributed by atoms with Crippen LogP contribution in [0.3, 0.4) is 0 Å². The lowest BCUT2D eigenvalue weighted by atomic mass is 9.90. The van der Waals surface area contributed by atoms with Crippen molar-refractivity contribution in [1.29, 1.82) is 0 Å². The normalized spacial score (nSPS) is 11.4. The van der Waals surface area contributed by atoms with Crippen molar-refractivity contribution in [2.45, 2.75) is 6.29 Å². The van der Waals surface area contributed by atoms with Crippen LogP contribution in [-0.2, 0) is 0 Å². The van der Waals surface area contributed by atoms with E-state index >= 15 is 0 Å². The number of benzene rings is 4. The lowest BCUT2D eigenvalue weighted by Crippen LogP contribution is -1.99. The molecule has 0 heterocycles. The van der Waals surface area contributed by atoms with Gasteiger partial charge in [-0.3, -0.25) is 0 Å². The van der Waals surface area contributed by atoms with Gasteiger partial charge in [0.05, 0.1) is 0 Å². The molecule has 0 bridgehead atoms. The highest BCUT2D eigenvalue weighted by Crippen LogP contribution is 2.38. The summed E-state index contributed by atoms with van der Waals surface area (Å²) in [5, 5.41) is 24.1. The zero-order valence-electron chi connectivity index (χ0n) is 12.5.